The quantitative estimate of drug-likeness (QED) is 0.333. The largest absolute Gasteiger partial charge is 0.427 e. The van der Waals surface area contributed by atoms with Crippen molar-refractivity contribution in [1.29, 1.82) is 0 Å². The minimum atomic E-state index is -0.297. The van der Waals surface area contributed by atoms with Crippen molar-refractivity contribution in [2.24, 2.45) is 11.0 Å². The molecule has 0 amide bonds. The molecule has 0 fully saturated rings. The molecule has 2 aliphatic rings. The fraction of sp³-hybridized carbons (Fsp3) is 0.500. The minimum Gasteiger partial charge on any atom is -0.427 e. The molecule has 2 aliphatic carbocycles. The Hall–Kier alpha value is -2.00. The molecule has 0 saturated heterocycles. The Morgan fingerprint density at radius 2 is 2.47 bits per heavy atom. The fourth-order valence-corrected chi connectivity index (χ4v) is 2.63. The van der Waals surface area contributed by atoms with Crippen molar-refractivity contribution in [1.82, 2.24) is 0 Å². The molecule has 0 radical (unpaired) electrons. The lowest BCUT2D eigenvalue weighted by molar-refractivity contribution is -0.136. The van der Waals surface area contributed by atoms with E-state index in [9.17, 15) is 4.79 Å². The van der Waals surface area contributed by atoms with E-state index in [1.54, 1.807) is 0 Å². The van der Waals surface area contributed by atoms with E-state index in [2.05, 4.69) is 22.2 Å². The zero-order chi connectivity index (χ0) is 13.8. The van der Waals surface area contributed by atoms with Crippen molar-refractivity contribution < 1.29 is 9.53 Å². The van der Waals surface area contributed by atoms with Gasteiger partial charge in [-0.2, -0.15) is 0 Å². The summed E-state index contributed by atoms with van der Waals surface area (Å²) in [5.41, 5.74) is 10.8. The van der Waals surface area contributed by atoms with Crippen LogP contribution in [0, 0.1) is 5.92 Å². The van der Waals surface area contributed by atoms with Gasteiger partial charge in [-0.05, 0) is 36.4 Å². The minimum absolute atomic E-state index is 0.0768. The predicted octanol–water partition coefficient (Wildman–Crippen LogP) is 3.80. The van der Waals surface area contributed by atoms with Crippen LogP contribution in [0.1, 0.15) is 33.1 Å². The molecule has 19 heavy (non-hydrogen) atoms. The summed E-state index contributed by atoms with van der Waals surface area (Å²) in [7, 11) is 0. The average molecular weight is 259 g/mol. The highest BCUT2D eigenvalue weighted by Crippen LogP contribution is 2.39. The molecule has 0 bridgehead atoms. The summed E-state index contributed by atoms with van der Waals surface area (Å²) in [6.45, 7) is 3.31. The van der Waals surface area contributed by atoms with Gasteiger partial charge in [-0.15, -0.1) is 0 Å². The Kier molecular flexibility index (Phi) is 4.07. The lowest BCUT2D eigenvalue weighted by Crippen LogP contribution is -2.14. The van der Waals surface area contributed by atoms with Crippen molar-refractivity contribution in [3.63, 3.8) is 0 Å². The van der Waals surface area contributed by atoms with Gasteiger partial charge in [0.1, 0.15) is 5.76 Å². The Bertz CT molecular complexity index is 525. The molecule has 2 atom stereocenters. The predicted molar refractivity (Wildman–Crippen MR) is 72.0 cm³/mol. The number of allylic oxidation sites excluding steroid dienone is 5. The lowest BCUT2D eigenvalue weighted by Gasteiger charge is -2.22. The van der Waals surface area contributed by atoms with Gasteiger partial charge < -0.3 is 4.74 Å². The molecular formula is C14H17N3O2. The maximum absolute atomic E-state index is 11.2. The van der Waals surface area contributed by atoms with Gasteiger partial charge in [0.25, 0.3) is 0 Å². The van der Waals surface area contributed by atoms with Crippen LogP contribution in [0.2, 0.25) is 0 Å². The van der Waals surface area contributed by atoms with Crippen molar-refractivity contribution in [3.05, 3.63) is 45.6 Å². The molecular weight excluding hydrogens is 242 g/mol. The number of hydrogen-bond donors (Lipinski definition) is 0. The summed E-state index contributed by atoms with van der Waals surface area (Å²) >= 11 is 0. The summed E-state index contributed by atoms with van der Waals surface area (Å²) in [5.74, 6) is 0.548. The summed E-state index contributed by atoms with van der Waals surface area (Å²) in [4.78, 5) is 14.0. The third-order valence-electron chi connectivity index (χ3n) is 3.35. The van der Waals surface area contributed by atoms with E-state index in [-0.39, 0.29) is 17.9 Å². The van der Waals surface area contributed by atoms with Crippen molar-refractivity contribution in [2.75, 3.05) is 0 Å². The standard InChI is InChI=1S/C14H17N3O2/c1-9(16-17-15)8-12-7-6-11-4-3-5-13(14(11)12)19-10(2)18/h5-7,9,12H,3-4,8H2,1-2H3. The second-order valence-electron chi connectivity index (χ2n) is 4.89. The first-order chi connectivity index (χ1) is 9.11. The summed E-state index contributed by atoms with van der Waals surface area (Å²) < 4.78 is 5.30. The van der Waals surface area contributed by atoms with E-state index in [0.717, 1.165) is 24.8 Å². The van der Waals surface area contributed by atoms with Crippen LogP contribution in [-0.2, 0) is 9.53 Å². The maximum atomic E-state index is 11.2. The number of ether oxygens (including phenoxy) is 1. The highest BCUT2D eigenvalue weighted by molar-refractivity contribution is 5.69. The van der Waals surface area contributed by atoms with E-state index in [4.69, 9.17) is 10.3 Å². The van der Waals surface area contributed by atoms with E-state index in [0.29, 0.717) is 5.76 Å². The van der Waals surface area contributed by atoms with Gasteiger partial charge in [0.15, 0.2) is 0 Å². The molecule has 0 aromatic carbocycles. The van der Waals surface area contributed by atoms with Crippen LogP contribution in [0.5, 0.6) is 0 Å². The van der Waals surface area contributed by atoms with Gasteiger partial charge in [0.2, 0.25) is 0 Å². The number of esters is 1. The molecule has 2 rings (SSSR count). The molecule has 0 aliphatic heterocycles. The zero-order valence-corrected chi connectivity index (χ0v) is 11.2. The number of hydrogen-bond acceptors (Lipinski definition) is 3. The molecule has 5 heteroatoms. The van der Waals surface area contributed by atoms with Crippen molar-refractivity contribution in [2.45, 2.75) is 39.2 Å². The number of carbonyl (C=O) groups is 1. The zero-order valence-electron chi connectivity index (χ0n) is 11.2. The van der Waals surface area contributed by atoms with Crippen LogP contribution in [-0.4, -0.2) is 12.0 Å². The van der Waals surface area contributed by atoms with Crippen molar-refractivity contribution >= 4 is 5.97 Å². The summed E-state index contributed by atoms with van der Waals surface area (Å²) in [5, 5.41) is 3.71. The summed E-state index contributed by atoms with van der Waals surface area (Å²) in [6, 6.07) is -0.0768. The molecule has 0 spiro atoms. The third kappa shape index (κ3) is 3.06. The van der Waals surface area contributed by atoms with Crippen LogP contribution >= 0.6 is 0 Å². The Morgan fingerprint density at radius 3 is 3.16 bits per heavy atom. The van der Waals surface area contributed by atoms with Crippen LogP contribution in [0.3, 0.4) is 0 Å². The van der Waals surface area contributed by atoms with Crippen LogP contribution in [0.4, 0.5) is 0 Å². The highest BCUT2D eigenvalue weighted by atomic mass is 16.5. The van der Waals surface area contributed by atoms with Crippen LogP contribution in [0.25, 0.3) is 10.4 Å². The highest BCUT2D eigenvalue weighted by Gasteiger charge is 2.28. The van der Waals surface area contributed by atoms with E-state index in [1.165, 1.54) is 12.5 Å². The molecule has 0 aromatic heterocycles. The first kappa shape index (κ1) is 13.4. The second kappa shape index (κ2) is 5.76. The smallest absolute Gasteiger partial charge is 0.308 e. The Balaban J connectivity index is 2.17. The molecule has 5 nitrogen and oxygen atoms in total. The van der Waals surface area contributed by atoms with Crippen LogP contribution < -0.4 is 0 Å². The monoisotopic (exact) mass is 259 g/mol. The SMILES string of the molecule is CC(=O)OC1=CCCC2=C1C(CC(C)N=[N+]=[N-])C=C2. The van der Waals surface area contributed by atoms with Gasteiger partial charge in [-0.25, -0.2) is 0 Å². The van der Waals surface area contributed by atoms with Gasteiger partial charge in [-0.3, -0.25) is 4.79 Å². The van der Waals surface area contributed by atoms with Gasteiger partial charge in [0, 0.05) is 29.4 Å². The maximum Gasteiger partial charge on any atom is 0.308 e. The van der Waals surface area contributed by atoms with Gasteiger partial charge in [0.05, 0.1) is 0 Å². The average Bonchev–Trinajstić information content (AvgIpc) is 2.73. The first-order valence-electron chi connectivity index (χ1n) is 6.46. The molecule has 0 aromatic rings. The van der Waals surface area contributed by atoms with Gasteiger partial charge >= 0.3 is 5.97 Å². The number of rotatable bonds is 4. The fourth-order valence-electron chi connectivity index (χ4n) is 2.63. The van der Waals surface area contributed by atoms with Gasteiger partial charge in [-0.1, -0.05) is 24.2 Å². The normalized spacial score (nSPS) is 22.4. The summed E-state index contributed by atoms with van der Waals surface area (Å²) in [6.07, 6.45) is 8.78. The number of azide groups is 1. The molecule has 0 heterocycles. The van der Waals surface area contributed by atoms with E-state index in [1.807, 2.05) is 13.0 Å². The number of carbonyl (C=O) groups excluding carboxylic acids is 1. The van der Waals surface area contributed by atoms with E-state index < -0.39 is 0 Å². The molecule has 100 valence electrons. The molecule has 2 unspecified atom stereocenters. The number of nitrogens with zero attached hydrogens (tertiary/aromatic N) is 3. The topological polar surface area (TPSA) is 75.1 Å². The second-order valence-corrected chi connectivity index (χ2v) is 4.89. The Labute approximate surface area is 112 Å². The Morgan fingerprint density at radius 1 is 1.68 bits per heavy atom. The third-order valence-corrected chi connectivity index (χ3v) is 3.35. The van der Waals surface area contributed by atoms with E-state index >= 15 is 0 Å². The molecule has 0 saturated carbocycles. The molecule has 0 N–H and O–H groups in total. The van der Waals surface area contributed by atoms with Crippen LogP contribution in [0.15, 0.2) is 40.2 Å². The first-order valence-corrected chi connectivity index (χ1v) is 6.46. The van der Waals surface area contributed by atoms with Crippen molar-refractivity contribution in [3.8, 4) is 0 Å². The lowest BCUT2D eigenvalue weighted by atomic mass is 9.88.